The lowest BCUT2D eigenvalue weighted by atomic mass is 9.96. The van der Waals surface area contributed by atoms with Crippen molar-refractivity contribution < 1.29 is 14.3 Å². The summed E-state index contributed by atoms with van der Waals surface area (Å²) in [5.74, 6) is -0.170. The summed E-state index contributed by atoms with van der Waals surface area (Å²) in [4.78, 5) is 24.0. The number of methoxy groups -OCH3 is 1. The molecular formula is C19H28N2O3S. The molecule has 0 aliphatic rings. The normalized spacial score (nSPS) is 13.0. The predicted molar refractivity (Wildman–Crippen MR) is 104 cm³/mol. The number of esters is 1. The number of ether oxygens (including phenoxy) is 1. The SMILES string of the molecule is COC(=O)[C@H](C)NC(=S)CNC(=O)[C@@H](C)c1ccc(CC(C)C)cc1. The van der Waals surface area contributed by atoms with E-state index in [0.717, 1.165) is 12.0 Å². The highest BCUT2D eigenvalue weighted by molar-refractivity contribution is 7.80. The van der Waals surface area contributed by atoms with Crippen molar-refractivity contribution in [1.82, 2.24) is 10.6 Å². The minimum absolute atomic E-state index is 0.105. The summed E-state index contributed by atoms with van der Waals surface area (Å²) in [5.41, 5.74) is 2.24. The van der Waals surface area contributed by atoms with Crippen molar-refractivity contribution in [2.24, 2.45) is 5.92 Å². The van der Waals surface area contributed by atoms with Crippen molar-refractivity contribution in [2.45, 2.75) is 46.1 Å². The van der Waals surface area contributed by atoms with E-state index in [0.29, 0.717) is 10.9 Å². The molecule has 25 heavy (non-hydrogen) atoms. The van der Waals surface area contributed by atoms with Gasteiger partial charge >= 0.3 is 5.97 Å². The fourth-order valence-corrected chi connectivity index (χ4v) is 2.66. The smallest absolute Gasteiger partial charge is 0.327 e. The minimum Gasteiger partial charge on any atom is -0.467 e. The van der Waals surface area contributed by atoms with E-state index in [1.807, 2.05) is 19.1 Å². The average Bonchev–Trinajstić information content (AvgIpc) is 2.58. The van der Waals surface area contributed by atoms with Crippen molar-refractivity contribution in [1.29, 1.82) is 0 Å². The monoisotopic (exact) mass is 364 g/mol. The molecule has 6 heteroatoms. The van der Waals surface area contributed by atoms with Crippen molar-refractivity contribution in [3.8, 4) is 0 Å². The predicted octanol–water partition coefficient (Wildman–Crippen LogP) is 2.58. The molecule has 138 valence electrons. The summed E-state index contributed by atoms with van der Waals surface area (Å²) in [6.07, 6.45) is 1.03. The lowest BCUT2D eigenvalue weighted by molar-refractivity contribution is -0.142. The van der Waals surface area contributed by atoms with E-state index in [2.05, 4.69) is 41.4 Å². The molecule has 0 bridgehead atoms. The Labute approximate surface area is 155 Å². The van der Waals surface area contributed by atoms with Gasteiger partial charge in [0.05, 0.1) is 24.6 Å². The number of thiocarbonyl (C=S) groups is 1. The zero-order chi connectivity index (χ0) is 19.0. The van der Waals surface area contributed by atoms with Crippen LogP contribution in [0.1, 0.15) is 44.7 Å². The highest BCUT2D eigenvalue weighted by Crippen LogP contribution is 2.17. The molecule has 0 heterocycles. The lowest BCUT2D eigenvalue weighted by Crippen LogP contribution is -2.44. The maximum atomic E-state index is 12.3. The standard InChI is InChI=1S/C19H28N2O3S/c1-12(2)10-15-6-8-16(9-7-15)13(3)18(22)20-11-17(25)21-14(4)19(23)24-5/h6-9,12-14H,10-11H2,1-5H3,(H,20,22)(H,21,25)/t13-,14-/m0/s1. The molecule has 0 spiro atoms. The number of hydrogen-bond acceptors (Lipinski definition) is 4. The number of hydrogen-bond donors (Lipinski definition) is 2. The quantitative estimate of drug-likeness (QED) is 0.548. The van der Waals surface area contributed by atoms with Gasteiger partial charge < -0.3 is 15.4 Å². The first kappa shape index (κ1) is 21.1. The molecule has 0 saturated heterocycles. The van der Waals surface area contributed by atoms with Gasteiger partial charge in [-0.15, -0.1) is 0 Å². The number of carbonyl (C=O) groups excluding carboxylic acids is 2. The van der Waals surface area contributed by atoms with Crippen LogP contribution in [0.4, 0.5) is 0 Å². The van der Waals surface area contributed by atoms with E-state index in [4.69, 9.17) is 12.2 Å². The van der Waals surface area contributed by atoms with Gasteiger partial charge in [0.1, 0.15) is 6.04 Å². The number of amides is 1. The first-order valence-electron chi connectivity index (χ1n) is 8.48. The summed E-state index contributed by atoms with van der Waals surface area (Å²) in [6, 6.07) is 7.60. The fourth-order valence-electron chi connectivity index (χ4n) is 2.41. The highest BCUT2D eigenvalue weighted by atomic mass is 32.1. The first-order chi connectivity index (χ1) is 11.7. The summed E-state index contributed by atoms with van der Waals surface area (Å²) >= 11 is 5.14. The van der Waals surface area contributed by atoms with Gasteiger partial charge in [-0.25, -0.2) is 4.79 Å². The molecule has 5 nitrogen and oxygen atoms in total. The first-order valence-corrected chi connectivity index (χ1v) is 8.89. The molecule has 1 aromatic carbocycles. The Morgan fingerprint density at radius 2 is 1.72 bits per heavy atom. The Hall–Kier alpha value is -1.95. The zero-order valence-electron chi connectivity index (χ0n) is 15.6. The molecule has 0 unspecified atom stereocenters. The Bertz CT molecular complexity index is 599. The number of nitrogens with one attached hydrogen (secondary N) is 2. The molecule has 1 aromatic rings. The van der Waals surface area contributed by atoms with E-state index in [1.54, 1.807) is 6.92 Å². The van der Waals surface area contributed by atoms with Gasteiger partial charge in [-0.2, -0.15) is 0 Å². The molecular weight excluding hydrogens is 336 g/mol. The Morgan fingerprint density at radius 1 is 1.12 bits per heavy atom. The number of rotatable bonds is 8. The van der Waals surface area contributed by atoms with Crippen molar-refractivity contribution in [2.75, 3.05) is 13.7 Å². The molecule has 1 rings (SSSR count). The van der Waals surface area contributed by atoms with E-state index in [9.17, 15) is 9.59 Å². The van der Waals surface area contributed by atoms with E-state index in [1.165, 1.54) is 12.7 Å². The molecule has 0 aromatic heterocycles. The van der Waals surface area contributed by atoms with Gasteiger partial charge in [0, 0.05) is 0 Å². The summed E-state index contributed by atoms with van der Waals surface area (Å²) in [5, 5.41) is 5.63. The van der Waals surface area contributed by atoms with Gasteiger partial charge in [-0.1, -0.05) is 50.3 Å². The Kier molecular flexibility index (Phi) is 8.55. The average molecular weight is 365 g/mol. The Balaban J connectivity index is 2.51. The van der Waals surface area contributed by atoms with E-state index < -0.39 is 12.0 Å². The lowest BCUT2D eigenvalue weighted by Gasteiger charge is -2.16. The van der Waals surface area contributed by atoms with E-state index in [-0.39, 0.29) is 18.4 Å². The second kappa shape index (κ2) is 10.1. The number of benzene rings is 1. The molecule has 0 fully saturated rings. The molecule has 2 N–H and O–H groups in total. The molecule has 0 aliphatic heterocycles. The van der Waals surface area contributed by atoms with Crippen molar-refractivity contribution >= 4 is 29.1 Å². The second-order valence-corrected chi connectivity index (χ2v) is 7.08. The van der Waals surface area contributed by atoms with Crippen LogP contribution in [0.5, 0.6) is 0 Å². The summed E-state index contributed by atoms with van der Waals surface area (Å²) in [7, 11) is 1.32. The third-order valence-corrected chi connectivity index (χ3v) is 4.13. The highest BCUT2D eigenvalue weighted by Gasteiger charge is 2.17. The second-order valence-electron chi connectivity index (χ2n) is 6.59. The van der Waals surface area contributed by atoms with Gasteiger partial charge in [0.25, 0.3) is 0 Å². The third-order valence-electron chi connectivity index (χ3n) is 3.87. The van der Waals surface area contributed by atoms with Crippen LogP contribution in [0.2, 0.25) is 0 Å². The fraction of sp³-hybridized carbons (Fsp3) is 0.526. The van der Waals surface area contributed by atoms with Gasteiger partial charge in [-0.3, -0.25) is 4.79 Å². The van der Waals surface area contributed by atoms with Gasteiger partial charge in [0.2, 0.25) is 5.91 Å². The molecule has 2 atom stereocenters. The maximum absolute atomic E-state index is 12.3. The molecule has 0 saturated carbocycles. The topological polar surface area (TPSA) is 67.4 Å². The van der Waals surface area contributed by atoms with Crippen LogP contribution in [-0.4, -0.2) is 36.6 Å². The zero-order valence-corrected chi connectivity index (χ0v) is 16.4. The van der Waals surface area contributed by atoms with Crippen LogP contribution in [0, 0.1) is 5.92 Å². The largest absolute Gasteiger partial charge is 0.467 e. The molecule has 0 aliphatic carbocycles. The van der Waals surface area contributed by atoms with Crippen molar-refractivity contribution in [3.63, 3.8) is 0 Å². The summed E-state index contributed by atoms with van der Waals surface area (Å²) < 4.78 is 4.62. The number of carbonyl (C=O) groups is 2. The Morgan fingerprint density at radius 3 is 2.24 bits per heavy atom. The van der Waals surface area contributed by atoms with E-state index >= 15 is 0 Å². The molecule has 0 radical (unpaired) electrons. The van der Waals surface area contributed by atoms with Crippen LogP contribution in [0.3, 0.4) is 0 Å². The van der Waals surface area contributed by atoms with Crippen LogP contribution >= 0.6 is 12.2 Å². The minimum atomic E-state index is -0.541. The van der Waals surface area contributed by atoms with Crippen LogP contribution in [0.15, 0.2) is 24.3 Å². The molecule has 1 amide bonds. The summed E-state index contributed by atoms with van der Waals surface area (Å²) in [6.45, 7) is 8.07. The van der Waals surface area contributed by atoms with Gasteiger partial charge in [0.15, 0.2) is 0 Å². The third kappa shape index (κ3) is 7.22. The van der Waals surface area contributed by atoms with Crippen LogP contribution in [-0.2, 0) is 20.7 Å². The van der Waals surface area contributed by atoms with Crippen LogP contribution < -0.4 is 10.6 Å². The maximum Gasteiger partial charge on any atom is 0.327 e. The van der Waals surface area contributed by atoms with Crippen molar-refractivity contribution in [3.05, 3.63) is 35.4 Å². The van der Waals surface area contributed by atoms with Gasteiger partial charge in [-0.05, 0) is 37.3 Å². The van der Waals surface area contributed by atoms with Crippen LogP contribution in [0.25, 0.3) is 0 Å².